The quantitative estimate of drug-likeness (QED) is 0.412. The van der Waals surface area contributed by atoms with Crippen molar-refractivity contribution < 1.29 is 19.6 Å². The summed E-state index contributed by atoms with van der Waals surface area (Å²) in [5.74, 6) is -1.89. The molecule has 0 amide bonds. The van der Waals surface area contributed by atoms with E-state index < -0.39 is 11.6 Å². The van der Waals surface area contributed by atoms with Crippen LogP contribution in [0.25, 0.3) is 0 Å². The van der Waals surface area contributed by atoms with Crippen molar-refractivity contribution in [2.75, 3.05) is 0 Å². The molecule has 0 N–H and O–H groups in total. The third-order valence-electron chi connectivity index (χ3n) is 7.80. The number of hydrogen-bond donors (Lipinski definition) is 0. The molecule has 4 nitrogen and oxygen atoms in total. The van der Waals surface area contributed by atoms with Gasteiger partial charge in [0, 0.05) is 21.7 Å². The van der Waals surface area contributed by atoms with E-state index in [4.69, 9.17) is 19.6 Å². The van der Waals surface area contributed by atoms with E-state index >= 15 is 0 Å². The minimum atomic E-state index is -0.945. The molecule has 1 heterocycles. The Balaban J connectivity index is 1.99. The number of rotatable bonds is 0. The van der Waals surface area contributed by atoms with Gasteiger partial charge in [-0.05, 0) is 36.5 Å². The molecule has 2 spiro atoms. The van der Waals surface area contributed by atoms with Crippen molar-refractivity contribution in [1.29, 1.82) is 0 Å². The lowest BCUT2D eigenvalue weighted by molar-refractivity contribution is -0.714. The summed E-state index contributed by atoms with van der Waals surface area (Å²) in [6.45, 7) is 27.0. The Labute approximate surface area is 172 Å². The Bertz CT molecular complexity index is 531. The van der Waals surface area contributed by atoms with Gasteiger partial charge < -0.3 is 0 Å². The Kier molecular flexibility index (Phi) is 4.62. The van der Waals surface area contributed by atoms with E-state index in [2.05, 4.69) is 83.1 Å². The fourth-order valence-electron chi connectivity index (χ4n) is 8.37. The second-order valence-corrected chi connectivity index (χ2v) is 14.1. The maximum Gasteiger partial charge on any atom is 0.244 e. The first-order chi connectivity index (χ1) is 12.2. The molecule has 164 valence electrons. The van der Waals surface area contributed by atoms with Gasteiger partial charge in [-0.1, -0.05) is 83.1 Å². The van der Waals surface area contributed by atoms with Crippen LogP contribution >= 0.6 is 0 Å². The summed E-state index contributed by atoms with van der Waals surface area (Å²) in [4.78, 5) is 25.7. The van der Waals surface area contributed by atoms with Crippen molar-refractivity contribution >= 4 is 0 Å². The lowest BCUT2D eigenvalue weighted by Gasteiger charge is -2.67. The molecule has 1 saturated heterocycles. The SMILES string of the molecule is CC1(C)CC(C)(C)C2(OOC3(OO2)C(C)(C)CC(C)(C)CC3(C)C)C(C)(C)C1. The molecule has 0 atom stereocenters. The van der Waals surface area contributed by atoms with E-state index in [0.717, 1.165) is 25.7 Å². The molecule has 2 aliphatic carbocycles. The van der Waals surface area contributed by atoms with Gasteiger partial charge in [-0.2, -0.15) is 19.6 Å². The zero-order valence-electron chi connectivity index (χ0n) is 20.5. The highest BCUT2D eigenvalue weighted by Gasteiger charge is 2.73. The molecule has 3 aliphatic rings. The van der Waals surface area contributed by atoms with Gasteiger partial charge in [0.25, 0.3) is 0 Å². The average molecular weight is 397 g/mol. The van der Waals surface area contributed by atoms with Crippen LogP contribution in [0.15, 0.2) is 0 Å². The lowest BCUT2D eigenvalue weighted by atomic mass is 9.52. The monoisotopic (exact) mass is 396 g/mol. The molecular weight excluding hydrogens is 352 g/mol. The fraction of sp³-hybridized carbons (Fsp3) is 1.00. The first-order valence-corrected chi connectivity index (χ1v) is 11.0. The smallest absolute Gasteiger partial charge is 0.194 e. The fourth-order valence-corrected chi connectivity index (χ4v) is 8.37. The highest BCUT2D eigenvalue weighted by molar-refractivity contribution is 5.09. The van der Waals surface area contributed by atoms with E-state index in [9.17, 15) is 0 Å². The molecule has 0 radical (unpaired) electrons. The first kappa shape index (κ1) is 22.5. The molecule has 3 fully saturated rings. The van der Waals surface area contributed by atoms with Crippen LogP contribution in [0.3, 0.4) is 0 Å². The van der Waals surface area contributed by atoms with Gasteiger partial charge in [0.2, 0.25) is 11.6 Å². The van der Waals surface area contributed by atoms with Gasteiger partial charge in [-0.15, -0.1) is 0 Å². The molecule has 0 aromatic carbocycles. The second kappa shape index (κ2) is 5.75. The second-order valence-electron chi connectivity index (χ2n) is 14.1. The van der Waals surface area contributed by atoms with Crippen molar-refractivity contribution in [1.82, 2.24) is 0 Å². The van der Waals surface area contributed by atoms with Crippen molar-refractivity contribution in [3.63, 3.8) is 0 Å². The molecule has 0 unspecified atom stereocenters. The summed E-state index contributed by atoms with van der Waals surface area (Å²) in [6, 6.07) is 0. The Morgan fingerprint density at radius 3 is 0.714 bits per heavy atom. The molecule has 2 saturated carbocycles. The standard InChI is InChI=1S/C24H44O4/c1-17(2)13-19(5,6)23(20(7,8)14-17)25-27-24(28-26-23)21(9,10)15-18(3,4)16-22(24,11)12/h13-16H2,1-12H3. The largest absolute Gasteiger partial charge is 0.244 e. The van der Waals surface area contributed by atoms with E-state index in [-0.39, 0.29) is 32.5 Å². The average Bonchev–Trinajstić information content (AvgIpc) is 2.39. The maximum absolute atomic E-state index is 6.42. The van der Waals surface area contributed by atoms with Crippen LogP contribution < -0.4 is 0 Å². The van der Waals surface area contributed by atoms with Crippen molar-refractivity contribution in [3.05, 3.63) is 0 Å². The molecule has 4 heteroatoms. The summed E-state index contributed by atoms with van der Waals surface area (Å²) in [7, 11) is 0. The third-order valence-corrected chi connectivity index (χ3v) is 7.80. The van der Waals surface area contributed by atoms with Crippen LogP contribution in [0.1, 0.15) is 109 Å². The highest BCUT2D eigenvalue weighted by Crippen LogP contribution is 2.68. The van der Waals surface area contributed by atoms with E-state index in [0.29, 0.717) is 0 Å². The van der Waals surface area contributed by atoms with Crippen LogP contribution in [-0.2, 0) is 19.6 Å². The van der Waals surface area contributed by atoms with Crippen LogP contribution in [0.2, 0.25) is 0 Å². The summed E-state index contributed by atoms with van der Waals surface area (Å²) in [6.07, 6.45) is 3.90. The van der Waals surface area contributed by atoms with Crippen LogP contribution in [0, 0.1) is 32.5 Å². The van der Waals surface area contributed by atoms with Gasteiger partial charge in [0.05, 0.1) is 0 Å². The summed E-state index contributed by atoms with van der Waals surface area (Å²) >= 11 is 0. The molecular formula is C24H44O4. The molecule has 0 bridgehead atoms. The molecule has 1 aliphatic heterocycles. The van der Waals surface area contributed by atoms with Crippen LogP contribution in [0.5, 0.6) is 0 Å². The molecule has 0 aromatic heterocycles. The van der Waals surface area contributed by atoms with Crippen molar-refractivity contribution in [2.45, 2.75) is 120 Å². The summed E-state index contributed by atoms with van der Waals surface area (Å²) in [5.41, 5.74) is -0.644. The normalized spacial score (nSPS) is 35.6. The highest BCUT2D eigenvalue weighted by atomic mass is 17.4. The molecule has 28 heavy (non-hydrogen) atoms. The minimum absolute atomic E-state index is 0.202. The Morgan fingerprint density at radius 2 is 0.536 bits per heavy atom. The third kappa shape index (κ3) is 2.92. The van der Waals surface area contributed by atoms with Crippen LogP contribution in [0.4, 0.5) is 0 Å². The van der Waals surface area contributed by atoms with E-state index in [1.807, 2.05) is 0 Å². The van der Waals surface area contributed by atoms with Gasteiger partial charge in [-0.3, -0.25) is 0 Å². The van der Waals surface area contributed by atoms with E-state index in [1.54, 1.807) is 0 Å². The first-order valence-electron chi connectivity index (χ1n) is 11.0. The summed E-state index contributed by atoms with van der Waals surface area (Å²) in [5, 5.41) is 0. The zero-order chi connectivity index (χ0) is 21.7. The van der Waals surface area contributed by atoms with Gasteiger partial charge in [0.1, 0.15) is 0 Å². The maximum atomic E-state index is 6.42. The van der Waals surface area contributed by atoms with Crippen LogP contribution in [-0.4, -0.2) is 11.6 Å². The number of hydrogen-bond acceptors (Lipinski definition) is 4. The van der Waals surface area contributed by atoms with E-state index in [1.165, 1.54) is 0 Å². The van der Waals surface area contributed by atoms with Gasteiger partial charge in [-0.25, -0.2) is 0 Å². The Hall–Kier alpha value is -0.160. The van der Waals surface area contributed by atoms with Crippen molar-refractivity contribution in [3.8, 4) is 0 Å². The lowest BCUT2D eigenvalue weighted by Crippen LogP contribution is -2.73. The van der Waals surface area contributed by atoms with Crippen molar-refractivity contribution in [2.24, 2.45) is 32.5 Å². The molecule has 0 aromatic rings. The topological polar surface area (TPSA) is 36.9 Å². The predicted molar refractivity (Wildman–Crippen MR) is 111 cm³/mol. The molecule has 3 rings (SSSR count). The zero-order valence-corrected chi connectivity index (χ0v) is 20.5. The Morgan fingerprint density at radius 1 is 0.357 bits per heavy atom. The van der Waals surface area contributed by atoms with Gasteiger partial charge in [0.15, 0.2) is 0 Å². The predicted octanol–water partition coefficient (Wildman–Crippen LogP) is 7.03. The minimum Gasteiger partial charge on any atom is -0.194 e. The van der Waals surface area contributed by atoms with Gasteiger partial charge >= 0.3 is 0 Å². The summed E-state index contributed by atoms with van der Waals surface area (Å²) < 4.78 is 0.